The number of nitrogens with zero attached hydrogens (tertiary/aromatic N) is 3. The number of rotatable bonds is 12. The Kier molecular flexibility index (Phi) is 12.9. The van der Waals surface area contributed by atoms with Crippen molar-refractivity contribution < 1.29 is 65.9 Å². The SMILES string of the molecule is CC([O-])=N[C@@H]1C[C@@H]2O[Si](C(C)(C)C)(C(C)(C)C)OC[C@H]2O[C@@H]1OP(=O)(O)O[P+]([O-])(OCCC#N)OC[C@H]1O[C@@H](n2ccc(=O)[nH]c2=O)[C@H](O)[C@@H]1O. The van der Waals surface area contributed by atoms with E-state index in [1.54, 1.807) is 6.07 Å². The number of phosphoric acid groups is 2. The van der Waals surface area contributed by atoms with Crippen molar-refractivity contribution in [2.24, 2.45) is 4.99 Å². The number of fused-ring (bicyclic) bond motifs is 1. The minimum atomic E-state index is -5.49. The first-order valence-electron chi connectivity index (χ1n) is 16.0. The Morgan fingerprint density at radius 3 is 2.43 bits per heavy atom. The van der Waals surface area contributed by atoms with Gasteiger partial charge in [-0.15, -0.1) is 0 Å². The molecule has 3 aliphatic heterocycles. The van der Waals surface area contributed by atoms with Crippen molar-refractivity contribution >= 4 is 30.5 Å². The van der Waals surface area contributed by atoms with Gasteiger partial charge in [0.1, 0.15) is 43.7 Å². The van der Waals surface area contributed by atoms with E-state index < -0.39 is 104 Å². The highest BCUT2D eigenvalue weighted by molar-refractivity contribution is 7.64. The van der Waals surface area contributed by atoms with Crippen LogP contribution in [-0.4, -0.2) is 102 Å². The number of nitriles is 1. The molecule has 2 unspecified atom stereocenters. The molecule has 51 heavy (non-hydrogen) atoms. The third-order valence-corrected chi connectivity index (χ3v) is 16.6. The van der Waals surface area contributed by atoms with Crippen LogP contribution in [0.15, 0.2) is 26.8 Å². The van der Waals surface area contributed by atoms with Gasteiger partial charge in [-0.3, -0.25) is 23.9 Å². The van der Waals surface area contributed by atoms with Crippen LogP contribution in [-0.2, 0) is 40.8 Å². The molecule has 288 valence electrons. The Morgan fingerprint density at radius 1 is 1.18 bits per heavy atom. The average molecular weight is 784 g/mol. The van der Waals surface area contributed by atoms with Crippen molar-refractivity contribution in [1.29, 1.82) is 5.26 Å². The number of aliphatic imine (C=N–C) groups is 1. The summed E-state index contributed by atoms with van der Waals surface area (Å²) in [5.41, 5.74) is -1.69. The Hall–Kier alpha value is -1.96. The summed E-state index contributed by atoms with van der Waals surface area (Å²) >= 11 is 0. The first kappa shape index (κ1) is 41.8. The van der Waals surface area contributed by atoms with E-state index in [2.05, 4.69) is 4.99 Å². The van der Waals surface area contributed by atoms with E-state index in [1.807, 2.05) is 46.5 Å². The smallest absolute Gasteiger partial charge is 0.513 e. The molecule has 3 fully saturated rings. The molecule has 1 aromatic rings. The molecule has 0 aliphatic carbocycles. The van der Waals surface area contributed by atoms with Crippen LogP contribution in [0.2, 0.25) is 10.1 Å². The van der Waals surface area contributed by atoms with Gasteiger partial charge in [-0.2, -0.15) is 14.3 Å². The lowest BCUT2D eigenvalue weighted by molar-refractivity contribution is -0.249. The Bertz CT molecular complexity index is 1610. The molecular weight excluding hydrogens is 738 g/mol. The van der Waals surface area contributed by atoms with E-state index in [1.165, 1.54) is 6.92 Å². The van der Waals surface area contributed by atoms with E-state index in [0.717, 1.165) is 16.8 Å². The first-order valence-corrected chi connectivity index (χ1v) is 20.8. The molecule has 3 saturated heterocycles. The van der Waals surface area contributed by atoms with Crippen molar-refractivity contribution in [3.8, 4) is 6.07 Å². The average Bonchev–Trinajstić information content (AvgIpc) is 3.27. The Balaban J connectivity index is 1.50. The molecule has 4 rings (SSSR count). The van der Waals surface area contributed by atoms with Gasteiger partial charge in [-0.25, -0.2) is 9.36 Å². The number of aliphatic hydroxyl groups excluding tert-OH is 2. The summed E-state index contributed by atoms with van der Waals surface area (Å²) in [4.78, 5) is 54.1. The summed E-state index contributed by atoms with van der Waals surface area (Å²) in [5, 5.41) is 41.4. The van der Waals surface area contributed by atoms with Crippen LogP contribution in [0.5, 0.6) is 0 Å². The molecule has 4 N–H and O–H groups in total. The fraction of sp³-hybridized carbons (Fsp3) is 0.786. The van der Waals surface area contributed by atoms with Gasteiger partial charge in [0.2, 0.25) is 0 Å². The lowest BCUT2D eigenvalue weighted by Crippen LogP contribution is -2.67. The number of H-pyrrole nitrogens is 1. The van der Waals surface area contributed by atoms with E-state index in [-0.39, 0.29) is 29.5 Å². The molecule has 1 aromatic heterocycles. The van der Waals surface area contributed by atoms with Crippen LogP contribution >= 0.6 is 16.0 Å². The van der Waals surface area contributed by atoms with Crippen molar-refractivity contribution in [2.75, 3.05) is 19.8 Å². The number of aromatic nitrogens is 2. The summed E-state index contributed by atoms with van der Waals surface area (Å²) in [7, 11) is -13.6. The molecule has 23 heteroatoms. The third-order valence-electron chi connectivity index (χ3n) is 8.37. The van der Waals surface area contributed by atoms with Gasteiger partial charge in [0.05, 0.1) is 25.2 Å². The Morgan fingerprint density at radius 2 is 1.84 bits per heavy atom. The van der Waals surface area contributed by atoms with Gasteiger partial charge in [-0.05, 0) is 12.8 Å². The number of ether oxygens (including phenoxy) is 2. The zero-order chi connectivity index (χ0) is 38.2. The molecule has 0 saturated carbocycles. The molecule has 0 spiro atoms. The van der Waals surface area contributed by atoms with Crippen LogP contribution in [0, 0.1) is 11.3 Å². The second kappa shape index (κ2) is 15.8. The van der Waals surface area contributed by atoms with Gasteiger partial charge in [0.15, 0.2) is 12.5 Å². The molecular formula is C28H45N4O16P2Si-. The van der Waals surface area contributed by atoms with Crippen molar-refractivity contribution in [2.45, 2.75) is 120 Å². The van der Waals surface area contributed by atoms with Crippen LogP contribution in [0.1, 0.15) is 67.5 Å². The number of aromatic amines is 1. The van der Waals surface area contributed by atoms with Crippen molar-refractivity contribution in [3.63, 3.8) is 0 Å². The fourth-order valence-corrected chi connectivity index (χ4v) is 14.1. The van der Waals surface area contributed by atoms with Gasteiger partial charge in [0, 0.05) is 28.8 Å². The molecule has 0 bridgehead atoms. The number of hydrogen-bond donors (Lipinski definition) is 4. The summed E-state index contributed by atoms with van der Waals surface area (Å²) in [6.07, 6.45) is -8.97. The van der Waals surface area contributed by atoms with E-state index in [9.17, 15) is 39.3 Å². The van der Waals surface area contributed by atoms with E-state index in [0.29, 0.717) is 0 Å². The fourth-order valence-electron chi connectivity index (χ4n) is 6.38. The highest BCUT2D eigenvalue weighted by atomic mass is 31.3. The lowest BCUT2D eigenvalue weighted by atomic mass is 10.0. The summed E-state index contributed by atoms with van der Waals surface area (Å²) in [6.45, 7) is 11.8. The first-order chi connectivity index (χ1) is 23.5. The molecule has 0 aromatic carbocycles. The maximum Gasteiger partial charge on any atom is 0.513 e. The van der Waals surface area contributed by atoms with E-state index >= 15 is 0 Å². The van der Waals surface area contributed by atoms with Gasteiger partial charge in [-0.1, -0.05) is 45.9 Å². The standard InChI is InChI=1S/C28H46N4O16P2Si/c1-16(33)30-17-13-18-19(15-43-51(47-18,27(2,3)4)28(5,6)7)45-25(17)46-49(38,39)48-50(40,41-12-8-10-29)42-14-20-22(35)23(36)24(44-20)32-11-9-21(34)31-26(32)37/h9,11,17-20,22-25,35-36H,8,12-15H2,1-7H3,(H,30,33)(H,38,39)(H,31,34,37)/p-1/t17-,18+,19-,20-,22-,23-,24-,25-,50?/m1/s1. The number of nitrogens with one attached hydrogen (secondary N) is 1. The number of aliphatic hydroxyl groups is 2. The minimum absolute atomic E-state index is 0.0325. The highest BCUT2D eigenvalue weighted by Crippen LogP contribution is 2.67. The molecule has 4 heterocycles. The zero-order valence-corrected chi connectivity index (χ0v) is 32.0. The van der Waals surface area contributed by atoms with Crippen LogP contribution in [0.4, 0.5) is 0 Å². The number of phosphoric ester groups is 2. The predicted octanol–water partition coefficient (Wildman–Crippen LogP) is -0.00572. The second-order valence-corrected chi connectivity index (χ2v) is 22.3. The van der Waals surface area contributed by atoms with Crippen LogP contribution < -0.4 is 21.2 Å². The molecule has 10 atom stereocenters. The zero-order valence-electron chi connectivity index (χ0n) is 29.2. The normalized spacial score (nSPS) is 32.4. The van der Waals surface area contributed by atoms with Gasteiger partial charge < -0.3 is 43.4 Å². The lowest BCUT2D eigenvalue weighted by Gasteiger charge is -2.56. The number of hydrogen-bond acceptors (Lipinski definition) is 17. The van der Waals surface area contributed by atoms with Crippen LogP contribution in [0.25, 0.3) is 0 Å². The third kappa shape index (κ3) is 9.59. The van der Waals surface area contributed by atoms with Crippen molar-refractivity contribution in [1.82, 2.24) is 9.55 Å². The highest BCUT2D eigenvalue weighted by Gasteiger charge is 2.63. The maximum absolute atomic E-state index is 13.6. The van der Waals surface area contributed by atoms with E-state index in [4.69, 9.17) is 41.5 Å². The summed E-state index contributed by atoms with van der Waals surface area (Å²) in [5.74, 6) is -0.639. The van der Waals surface area contributed by atoms with Crippen LogP contribution in [0.3, 0.4) is 0 Å². The molecule has 0 amide bonds. The molecule has 20 nitrogen and oxygen atoms in total. The predicted molar refractivity (Wildman–Crippen MR) is 174 cm³/mol. The largest absolute Gasteiger partial charge is 0.862 e. The quantitative estimate of drug-likeness (QED) is 0.0713. The monoisotopic (exact) mass is 783 g/mol. The minimum Gasteiger partial charge on any atom is -0.862 e. The summed E-state index contributed by atoms with van der Waals surface area (Å²) in [6, 6.07) is 1.53. The van der Waals surface area contributed by atoms with Crippen molar-refractivity contribution in [3.05, 3.63) is 33.1 Å². The summed E-state index contributed by atoms with van der Waals surface area (Å²) < 4.78 is 59.1. The topological polar surface area (TPSA) is 289 Å². The molecule has 0 radical (unpaired) electrons. The second-order valence-electron chi connectivity index (χ2n) is 14.3. The van der Waals surface area contributed by atoms with Gasteiger partial charge >= 0.3 is 30.2 Å². The van der Waals surface area contributed by atoms with Gasteiger partial charge in [0.25, 0.3) is 5.56 Å². The Labute approximate surface area is 295 Å². The molecule has 3 aliphatic rings. The maximum atomic E-state index is 13.6.